The van der Waals surface area contributed by atoms with Crippen LogP contribution < -0.4 is 0 Å². The van der Waals surface area contributed by atoms with Crippen LogP contribution in [0.15, 0.2) is 130 Å². The predicted molar refractivity (Wildman–Crippen MR) is 184 cm³/mol. The number of hydrogen-bond donors (Lipinski definition) is 2. The standard InChI is InChI=1S/C40H56O2/c1-29(17-13-19-31(3)21-23-37-33(5)25-35(41)27-39(37,7)8)15-11-12-16-30(2)18-14-20-32(4)22-24-38-34(6)26-36(42)28-40(38,9)10/h11-25,35-37,41-42H,26-28H2,1-10H3/t35-,36-,37-/m0/s1. The Morgan fingerprint density at radius 3 is 1.74 bits per heavy atom. The van der Waals surface area contributed by atoms with Gasteiger partial charge in [-0.15, -0.1) is 0 Å². The van der Waals surface area contributed by atoms with E-state index in [4.69, 9.17) is 0 Å². The highest BCUT2D eigenvalue weighted by molar-refractivity contribution is 5.38. The summed E-state index contributed by atoms with van der Waals surface area (Å²) in [7, 11) is 0. The van der Waals surface area contributed by atoms with Crippen LogP contribution in [-0.2, 0) is 0 Å². The van der Waals surface area contributed by atoms with E-state index in [-0.39, 0.29) is 23.0 Å². The average Bonchev–Trinajstić information content (AvgIpc) is 2.84. The van der Waals surface area contributed by atoms with Crippen LogP contribution in [-0.4, -0.2) is 22.4 Å². The molecular weight excluding hydrogens is 512 g/mol. The highest BCUT2D eigenvalue weighted by atomic mass is 16.3. The minimum Gasteiger partial charge on any atom is -0.393 e. The summed E-state index contributed by atoms with van der Waals surface area (Å²) in [5, 5.41) is 20.2. The fraction of sp³-hybridized carbons (Fsp3) is 0.450. The number of aliphatic hydroxyl groups is 2. The Morgan fingerprint density at radius 1 is 0.714 bits per heavy atom. The lowest BCUT2D eigenvalue weighted by Gasteiger charge is -2.38. The Kier molecular flexibility index (Phi) is 13.5. The maximum Gasteiger partial charge on any atom is 0.0729 e. The quantitative estimate of drug-likeness (QED) is 0.203. The van der Waals surface area contributed by atoms with Crippen LogP contribution in [0.3, 0.4) is 0 Å². The number of aliphatic hydroxyl groups excluding tert-OH is 2. The van der Waals surface area contributed by atoms with Crippen LogP contribution in [0.5, 0.6) is 0 Å². The van der Waals surface area contributed by atoms with Gasteiger partial charge in [0.2, 0.25) is 0 Å². The molecule has 0 heterocycles. The fourth-order valence-corrected chi connectivity index (χ4v) is 6.14. The summed E-state index contributed by atoms with van der Waals surface area (Å²) in [6, 6.07) is 0. The lowest BCUT2D eigenvalue weighted by molar-refractivity contribution is 0.116. The smallest absolute Gasteiger partial charge is 0.0729 e. The summed E-state index contributed by atoms with van der Waals surface area (Å²) in [4.78, 5) is 0. The first kappa shape index (κ1) is 35.3. The third kappa shape index (κ3) is 11.7. The van der Waals surface area contributed by atoms with E-state index in [2.05, 4.69) is 154 Å². The predicted octanol–water partition coefficient (Wildman–Crippen LogP) is 10.4. The van der Waals surface area contributed by atoms with Gasteiger partial charge < -0.3 is 10.2 Å². The lowest BCUT2D eigenvalue weighted by atomic mass is 9.67. The van der Waals surface area contributed by atoms with Crippen LogP contribution in [0.2, 0.25) is 0 Å². The molecule has 0 spiro atoms. The molecule has 2 rings (SSSR count). The lowest BCUT2D eigenvalue weighted by Crippen LogP contribution is -2.32. The van der Waals surface area contributed by atoms with Gasteiger partial charge in [-0.2, -0.15) is 0 Å². The molecule has 2 heteroatoms. The van der Waals surface area contributed by atoms with E-state index in [0.29, 0.717) is 5.92 Å². The van der Waals surface area contributed by atoms with Crippen molar-refractivity contribution in [2.75, 3.05) is 0 Å². The van der Waals surface area contributed by atoms with Crippen LogP contribution in [0.1, 0.15) is 88.5 Å². The fourth-order valence-electron chi connectivity index (χ4n) is 6.14. The topological polar surface area (TPSA) is 40.5 Å². The summed E-state index contributed by atoms with van der Waals surface area (Å²) in [5.41, 5.74) is 8.73. The maximum absolute atomic E-state index is 10.1. The van der Waals surface area contributed by atoms with Crippen LogP contribution >= 0.6 is 0 Å². The van der Waals surface area contributed by atoms with Crippen LogP contribution in [0.4, 0.5) is 0 Å². The average molecular weight is 569 g/mol. The summed E-state index contributed by atoms with van der Waals surface area (Å²) < 4.78 is 0. The molecule has 42 heavy (non-hydrogen) atoms. The minimum absolute atomic E-state index is 0.00528. The normalized spacial score (nSPS) is 26.6. The molecule has 0 radical (unpaired) electrons. The summed E-state index contributed by atoms with van der Waals surface area (Å²) in [6.45, 7) is 21.6. The summed E-state index contributed by atoms with van der Waals surface area (Å²) in [6.07, 6.45) is 33.8. The Balaban J connectivity index is 1.90. The van der Waals surface area contributed by atoms with Crippen molar-refractivity contribution >= 4 is 0 Å². The van der Waals surface area contributed by atoms with Crippen LogP contribution in [0.25, 0.3) is 0 Å². The monoisotopic (exact) mass is 568 g/mol. The summed E-state index contributed by atoms with van der Waals surface area (Å²) in [5.74, 6) is 0.348. The van der Waals surface area contributed by atoms with Crippen molar-refractivity contribution in [2.45, 2.75) is 101 Å². The molecule has 0 aliphatic heterocycles. The summed E-state index contributed by atoms with van der Waals surface area (Å²) >= 11 is 0. The van der Waals surface area contributed by atoms with E-state index in [9.17, 15) is 10.2 Å². The second-order valence-corrected chi connectivity index (χ2v) is 13.7. The van der Waals surface area contributed by atoms with Gasteiger partial charge >= 0.3 is 0 Å². The zero-order valence-corrected chi connectivity index (χ0v) is 27.9. The Labute approximate surface area is 257 Å². The molecule has 3 atom stereocenters. The molecule has 2 aliphatic carbocycles. The van der Waals surface area contributed by atoms with Crippen molar-refractivity contribution < 1.29 is 10.2 Å². The Morgan fingerprint density at radius 2 is 1.21 bits per heavy atom. The molecule has 0 aromatic rings. The van der Waals surface area contributed by atoms with Crippen molar-refractivity contribution in [1.82, 2.24) is 0 Å². The number of allylic oxidation sites excluding steroid dienone is 20. The Bertz CT molecular complexity index is 1270. The zero-order valence-electron chi connectivity index (χ0n) is 27.9. The van der Waals surface area contributed by atoms with Gasteiger partial charge in [0, 0.05) is 5.92 Å². The van der Waals surface area contributed by atoms with Gasteiger partial charge in [0.1, 0.15) is 0 Å². The van der Waals surface area contributed by atoms with E-state index < -0.39 is 0 Å². The molecule has 0 aromatic heterocycles. The van der Waals surface area contributed by atoms with Gasteiger partial charge in [-0.1, -0.05) is 152 Å². The van der Waals surface area contributed by atoms with Crippen molar-refractivity contribution in [1.29, 1.82) is 0 Å². The first-order valence-corrected chi connectivity index (χ1v) is 15.4. The third-order valence-corrected chi connectivity index (χ3v) is 8.33. The van der Waals surface area contributed by atoms with E-state index in [0.717, 1.165) is 19.3 Å². The SMILES string of the molecule is CC(C=CC=C(C)C=CC1=C(C)C[C@H](O)CC1(C)C)=CC=CC=C(C)C=CC=C(C)C=C[C@H]1C(C)=C[C@H](O)CC1(C)C. The van der Waals surface area contributed by atoms with E-state index in [1.165, 1.54) is 39.0 Å². The van der Waals surface area contributed by atoms with Gasteiger partial charge in [0.25, 0.3) is 0 Å². The highest BCUT2D eigenvalue weighted by Crippen LogP contribution is 2.42. The highest BCUT2D eigenvalue weighted by Gasteiger charge is 2.34. The second kappa shape index (κ2) is 16.1. The molecule has 2 aliphatic rings. The van der Waals surface area contributed by atoms with E-state index in [1.807, 2.05) is 6.08 Å². The molecule has 0 saturated carbocycles. The molecule has 2 nitrogen and oxygen atoms in total. The second-order valence-electron chi connectivity index (χ2n) is 13.7. The molecule has 0 aromatic carbocycles. The molecular formula is C40H56O2. The Hall–Kier alpha value is -2.94. The first-order valence-electron chi connectivity index (χ1n) is 15.4. The van der Waals surface area contributed by atoms with Gasteiger partial charge in [-0.3, -0.25) is 0 Å². The minimum atomic E-state index is -0.331. The van der Waals surface area contributed by atoms with Gasteiger partial charge in [-0.05, 0) is 77.2 Å². The van der Waals surface area contributed by atoms with E-state index >= 15 is 0 Å². The third-order valence-electron chi connectivity index (χ3n) is 8.33. The van der Waals surface area contributed by atoms with Crippen LogP contribution in [0, 0.1) is 16.7 Å². The van der Waals surface area contributed by atoms with Crippen molar-refractivity contribution in [3.05, 3.63) is 130 Å². The van der Waals surface area contributed by atoms with Gasteiger partial charge in [0.05, 0.1) is 12.2 Å². The number of rotatable bonds is 10. The van der Waals surface area contributed by atoms with Gasteiger partial charge in [0.15, 0.2) is 0 Å². The largest absolute Gasteiger partial charge is 0.393 e. The molecule has 0 amide bonds. The molecule has 0 unspecified atom stereocenters. The van der Waals surface area contributed by atoms with Crippen molar-refractivity contribution in [3.63, 3.8) is 0 Å². The van der Waals surface area contributed by atoms with Crippen molar-refractivity contribution in [2.24, 2.45) is 16.7 Å². The zero-order chi connectivity index (χ0) is 31.5. The van der Waals surface area contributed by atoms with E-state index in [1.54, 1.807) is 0 Å². The molecule has 0 fully saturated rings. The van der Waals surface area contributed by atoms with Crippen molar-refractivity contribution in [3.8, 4) is 0 Å². The molecule has 0 saturated heterocycles. The molecule has 2 N–H and O–H groups in total. The number of hydrogen-bond acceptors (Lipinski definition) is 2. The first-order chi connectivity index (χ1) is 19.6. The molecule has 228 valence electrons. The molecule has 0 bridgehead atoms. The van der Waals surface area contributed by atoms with Gasteiger partial charge in [-0.25, -0.2) is 0 Å². The maximum atomic E-state index is 10.1.